The van der Waals surface area contributed by atoms with Gasteiger partial charge < -0.3 is 9.84 Å². The van der Waals surface area contributed by atoms with Crippen molar-refractivity contribution < 1.29 is 14.6 Å². The lowest BCUT2D eigenvalue weighted by atomic mass is 9.85. The molecule has 110 valence electrons. The smallest absolute Gasteiger partial charge is 0.305 e. The lowest BCUT2D eigenvalue weighted by Gasteiger charge is -2.43. The molecule has 1 saturated heterocycles. The van der Waals surface area contributed by atoms with Crippen LogP contribution in [0, 0.1) is 0 Å². The third-order valence-corrected chi connectivity index (χ3v) is 4.19. The number of ether oxygens (including phenoxy) is 1. The molecule has 1 fully saturated rings. The van der Waals surface area contributed by atoms with Crippen LogP contribution in [0.4, 0.5) is 0 Å². The predicted octanol–water partition coefficient (Wildman–Crippen LogP) is 2.27. The fraction of sp³-hybridized carbons (Fsp3) is 0.562. The molecule has 0 aliphatic carbocycles. The molecule has 1 atom stereocenters. The zero-order chi connectivity index (χ0) is 14.6. The summed E-state index contributed by atoms with van der Waals surface area (Å²) >= 11 is 0. The van der Waals surface area contributed by atoms with Crippen molar-refractivity contribution in [3.05, 3.63) is 35.4 Å². The van der Waals surface area contributed by atoms with Crippen molar-refractivity contribution in [2.24, 2.45) is 0 Å². The molecule has 1 N–H and O–H groups in total. The van der Waals surface area contributed by atoms with Gasteiger partial charge >= 0.3 is 5.97 Å². The number of aliphatic carboxylic acids is 1. The number of aryl methyl sites for hydroxylation is 1. The van der Waals surface area contributed by atoms with E-state index in [1.807, 2.05) is 6.92 Å². The van der Waals surface area contributed by atoms with Gasteiger partial charge in [0.25, 0.3) is 0 Å². The Hall–Kier alpha value is -1.39. The summed E-state index contributed by atoms with van der Waals surface area (Å²) in [6.45, 7) is 7.03. The van der Waals surface area contributed by atoms with E-state index < -0.39 is 11.5 Å². The van der Waals surface area contributed by atoms with Crippen molar-refractivity contribution in [1.29, 1.82) is 0 Å². The van der Waals surface area contributed by atoms with E-state index in [0.29, 0.717) is 13.2 Å². The summed E-state index contributed by atoms with van der Waals surface area (Å²) in [5.74, 6) is -0.765. The van der Waals surface area contributed by atoms with Crippen molar-refractivity contribution in [2.75, 3.05) is 26.3 Å². The number of morpholine rings is 1. The predicted molar refractivity (Wildman–Crippen MR) is 77.8 cm³/mol. The maximum absolute atomic E-state index is 11.3. The molecule has 0 radical (unpaired) electrons. The van der Waals surface area contributed by atoms with Crippen molar-refractivity contribution >= 4 is 5.97 Å². The molecule has 0 spiro atoms. The summed E-state index contributed by atoms with van der Waals surface area (Å²) in [5.41, 5.74) is 1.87. The molecule has 0 amide bonds. The minimum atomic E-state index is -0.765. The molecule has 1 heterocycles. The zero-order valence-electron chi connectivity index (χ0n) is 12.3. The van der Waals surface area contributed by atoms with Crippen molar-refractivity contribution in [3.8, 4) is 0 Å². The Balaban J connectivity index is 2.30. The van der Waals surface area contributed by atoms with Gasteiger partial charge in [0.15, 0.2) is 0 Å². The average Bonchev–Trinajstić information content (AvgIpc) is 2.47. The Bertz CT molecular complexity index is 451. The van der Waals surface area contributed by atoms with Gasteiger partial charge in [-0.3, -0.25) is 9.69 Å². The fourth-order valence-electron chi connectivity index (χ4n) is 2.85. The summed E-state index contributed by atoms with van der Waals surface area (Å²) in [6, 6.07) is 8.32. The molecule has 1 aliphatic heterocycles. The Labute approximate surface area is 120 Å². The van der Waals surface area contributed by atoms with Crippen LogP contribution < -0.4 is 0 Å². The third kappa shape index (κ3) is 3.19. The van der Waals surface area contributed by atoms with Crippen LogP contribution >= 0.6 is 0 Å². The van der Waals surface area contributed by atoms with Gasteiger partial charge in [0.2, 0.25) is 0 Å². The third-order valence-electron chi connectivity index (χ3n) is 4.19. The number of carboxylic acid groups (broad SMARTS) is 1. The van der Waals surface area contributed by atoms with Crippen LogP contribution in [0.15, 0.2) is 24.3 Å². The number of benzene rings is 1. The van der Waals surface area contributed by atoms with Crippen LogP contribution in [0.3, 0.4) is 0 Å². The number of hydrogen-bond donors (Lipinski definition) is 1. The second-order valence-corrected chi connectivity index (χ2v) is 5.49. The molecule has 1 unspecified atom stereocenters. The summed E-state index contributed by atoms with van der Waals surface area (Å²) in [7, 11) is 0. The molecule has 2 rings (SSSR count). The van der Waals surface area contributed by atoms with E-state index in [2.05, 4.69) is 36.1 Å². The van der Waals surface area contributed by atoms with Crippen LogP contribution in [0.5, 0.6) is 0 Å². The van der Waals surface area contributed by atoms with Gasteiger partial charge in [-0.2, -0.15) is 0 Å². The average molecular weight is 277 g/mol. The van der Waals surface area contributed by atoms with E-state index in [-0.39, 0.29) is 6.42 Å². The second-order valence-electron chi connectivity index (χ2n) is 5.49. The highest BCUT2D eigenvalue weighted by Crippen LogP contribution is 2.33. The van der Waals surface area contributed by atoms with Crippen molar-refractivity contribution in [2.45, 2.75) is 32.2 Å². The summed E-state index contributed by atoms with van der Waals surface area (Å²) in [4.78, 5) is 13.5. The first-order chi connectivity index (χ1) is 9.56. The normalized spacial score (nSPS) is 19.5. The molecule has 0 saturated carbocycles. The van der Waals surface area contributed by atoms with Gasteiger partial charge in [-0.15, -0.1) is 0 Å². The van der Waals surface area contributed by atoms with Gasteiger partial charge in [-0.25, -0.2) is 0 Å². The van der Waals surface area contributed by atoms with Crippen LogP contribution in [-0.2, 0) is 21.5 Å². The summed E-state index contributed by atoms with van der Waals surface area (Å²) < 4.78 is 5.38. The Morgan fingerprint density at radius 1 is 1.30 bits per heavy atom. The van der Waals surface area contributed by atoms with Gasteiger partial charge in [0.05, 0.1) is 25.2 Å². The molecule has 4 nitrogen and oxygen atoms in total. The fourth-order valence-corrected chi connectivity index (χ4v) is 2.85. The molecule has 20 heavy (non-hydrogen) atoms. The van der Waals surface area contributed by atoms with Crippen LogP contribution in [0.1, 0.15) is 31.4 Å². The first kappa shape index (κ1) is 15.0. The Kier molecular flexibility index (Phi) is 4.78. The maximum atomic E-state index is 11.3. The van der Waals surface area contributed by atoms with E-state index in [4.69, 9.17) is 4.74 Å². The van der Waals surface area contributed by atoms with Crippen LogP contribution in [0.25, 0.3) is 0 Å². The minimum absolute atomic E-state index is 0.110. The number of rotatable bonds is 5. The highest BCUT2D eigenvalue weighted by molar-refractivity contribution is 5.69. The largest absolute Gasteiger partial charge is 0.481 e. The van der Waals surface area contributed by atoms with Crippen LogP contribution in [0.2, 0.25) is 0 Å². The van der Waals surface area contributed by atoms with E-state index >= 15 is 0 Å². The molecular weight excluding hydrogens is 254 g/mol. The van der Waals surface area contributed by atoms with Gasteiger partial charge in [-0.05, 0) is 24.5 Å². The molecule has 1 aliphatic rings. The highest BCUT2D eigenvalue weighted by Gasteiger charge is 2.36. The van der Waals surface area contributed by atoms with Crippen molar-refractivity contribution in [3.63, 3.8) is 0 Å². The van der Waals surface area contributed by atoms with E-state index in [0.717, 1.165) is 25.1 Å². The van der Waals surface area contributed by atoms with Gasteiger partial charge in [-0.1, -0.05) is 31.2 Å². The quantitative estimate of drug-likeness (QED) is 0.897. The van der Waals surface area contributed by atoms with E-state index in [1.165, 1.54) is 5.56 Å². The topological polar surface area (TPSA) is 49.8 Å². The summed E-state index contributed by atoms with van der Waals surface area (Å²) in [5, 5.41) is 9.28. The zero-order valence-corrected chi connectivity index (χ0v) is 12.3. The maximum Gasteiger partial charge on any atom is 0.305 e. The monoisotopic (exact) mass is 277 g/mol. The van der Waals surface area contributed by atoms with Crippen LogP contribution in [-0.4, -0.2) is 42.3 Å². The van der Waals surface area contributed by atoms with Gasteiger partial charge in [0.1, 0.15) is 0 Å². The molecular formula is C16H23NO3. The molecule has 0 aromatic heterocycles. The number of carboxylic acids is 1. The first-order valence-corrected chi connectivity index (χ1v) is 7.20. The van der Waals surface area contributed by atoms with Crippen molar-refractivity contribution in [1.82, 2.24) is 4.90 Å². The lowest BCUT2D eigenvalue weighted by Crippen LogP contribution is -2.50. The number of nitrogens with zero attached hydrogens (tertiary/aromatic N) is 1. The second kappa shape index (κ2) is 6.37. The first-order valence-electron chi connectivity index (χ1n) is 7.20. The standard InChI is InChI=1S/C16H23NO3/c1-3-13-4-6-14(7-5-13)16(2,12-15(18)19)17-8-10-20-11-9-17/h4-7H,3,8-12H2,1-2H3,(H,18,19). The molecule has 0 bridgehead atoms. The SMILES string of the molecule is CCc1ccc(C(C)(CC(=O)O)N2CCOCC2)cc1. The van der Waals surface area contributed by atoms with Gasteiger partial charge in [0, 0.05) is 13.1 Å². The Morgan fingerprint density at radius 3 is 2.40 bits per heavy atom. The van der Waals surface area contributed by atoms with E-state index in [9.17, 15) is 9.90 Å². The Morgan fingerprint density at radius 2 is 1.90 bits per heavy atom. The van der Waals surface area contributed by atoms with E-state index in [1.54, 1.807) is 0 Å². The number of hydrogen-bond acceptors (Lipinski definition) is 3. The minimum Gasteiger partial charge on any atom is -0.481 e. The molecule has 1 aromatic rings. The molecule has 4 heteroatoms. The highest BCUT2D eigenvalue weighted by atomic mass is 16.5. The molecule has 1 aromatic carbocycles. The number of carbonyl (C=O) groups is 1. The summed E-state index contributed by atoms with van der Waals surface area (Å²) in [6.07, 6.45) is 1.10. The lowest BCUT2D eigenvalue weighted by molar-refractivity contribution is -0.141.